The van der Waals surface area contributed by atoms with Gasteiger partial charge >= 0.3 is 0 Å². The molecule has 124 valence electrons. The van der Waals surface area contributed by atoms with Gasteiger partial charge in [0.25, 0.3) is 0 Å². The second kappa shape index (κ2) is 6.48. The van der Waals surface area contributed by atoms with Gasteiger partial charge in [0.15, 0.2) is 5.75 Å². The Kier molecular flexibility index (Phi) is 4.02. The molecule has 1 atom stereocenters. The lowest BCUT2D eigenvalue weighted by Gasteiger charge is -2.40. The van der Waals surface area contributed by atoms with Gasteiger partial charge in [-0.15, -0.1) is 0 Å². The van der Waals surface area contributed by atoms with E-state index in [1.807, 2.05) is 18.2 Å². The Balaban J connectivity index is 1.85. The summed E-state index contributed by atoms with van der Waals surface area (Å²) in [5.41, 5.74) is 4.82. The number of hydrogen-bond acceptors (Lipinski definition) is 2. The summed E-state index contributed by atoms with van der Waals surface area (Å²) in [6.07, 6.45) is 0. The summed E-state index contributed by atoms with van der Waals surface area (Å²) < 4.78 is 6.11. The third kappa shape index (κ3) is 2.91. The number of ether oxygens (including phenoxy) is 1. The predicted molar refractivity (Wildman–Crippen MR) is 103 cm³/mol. The van der Waals surface area contributed by atoms with E-state index in [2.05, 4.69) is 79.1 Å². The van der Waals surface area contributed by atoms with E-state index in [9.17, 15) is 0 Å². The van der Waals surface area contributed by atoms with Crippen LogP contribution >= 0.6 is 0 Å². The number of hydrogen-bond donors (Lipinski definition) is 0. The molecule has 2 nitrogen and oxygen atoms in total. The Morgan fingerprint density at radius 3 is 2.28 bits per heavy atom. The molecule has 0 bridgehead atoms. The second-order valence-electron chi connectivity index (χ2n) is 6.42. The molecule has 0 N–H and O–H groups in total. The Morgan fingerprint density at radius 1 is 0.880 bits per heavy atom. The van der Waals surface area contributed by atoms with Gasteiger partial charge in [0.1, 0.15) is 11.8 Å². The fraction of sp³-hybridized carbons (Fsp3) is 0.130. The zero-order chi connectivity index (χ0) is 17.2. The van der Waals surface area contributed by atoms with Crippen molar-refractivity contribution in [2.24, 2.45) is 0 Å². The maximum atomic E-state index is 6.11. The standard InChI is InChI=1S/C23H21NO/c1-17-10-9-15-21-22(17)24(16-19-11-5-3-6-12-19)23(18(2)25-21)20-13-7-4-8-14-20/h3-15,23H,2,16H2,1H3/t23-/m1/s1. The van der Waals surface area contributed by atoms with E-state index in [1.54, 1.807) is 0 Å². The zero-order valence-electron chi connectivity index (χ0n) is 14.4. The van der Waals surface area contributed by atoms with Crippen LogP contribution in [0.25, 0.3) is 0 Å². The van der Waals surface area contributed by atoms with Crippen molar-refractivity contribution in [1.29, 1.82) is 0 Å². The molecule has 3 aromatic rings. The molecule has 1 aliphatic rings. The molecule has 1 heterocycles. The van der Waals surface area contributed by atoms with Gasteiger partial charge < -0.3 is 9.64 Å². The topological polar surface area (TPSA) is 12.5 Å². The van der Waals surface area contributed by atoms with Gasteiger partial charge in [-0.05, 0) is 29.7 Å². The van der Waals surface area contributed by atoms with Gasteiger partial charge in [0.05, 0.1) is 5.69 Å². The minimum Gasteiger partial charge on any atom is -0.458 e. The van der Waals surface area contributed by atoms with Crippen molar-refractivity contribution < 1.29 is 4.74 Å². The van der Waals surface area contributed by atoms with Gasteiger partial charge in [-0.1, -0.05) is 79.4 Å². The predicted octanol–water partition coefficient (Wildman–Crippen LogP) is 5.65. The maximum Gasteiger partial charge on any atom is 0.150 e. The normalized spacial score (nSPS) is 16.3. The van der Waals surface area contributed by atoms with E-state index in [1.165, 1.54) is 16.7 Å². The first-order valence-corrected chi connectivity index (χ1v) is 8.56. The first-order chi connectivity index (χ1) is 12.2. The molecule has 3 aromatic carbocycles. The minimum atomic E-state index is -0.00462. The highest BCUT2D eigenvalue weighted by Crippen LogP contribution is 2.46. The monoisotopic (exact) mass is 327 g/mol. The third-order valence-electron chi connectivity index (χ3n) is 4.66. The number of rotatable bonds is 3. The van der Waals surface area contributed by atoms with Crippen LogP contribution in [0, 0.1) is 6.92 Å². The summed E-state index contributed by atoms with van der Waals surface area (Å²) in [6, 6.07) is 27.2. The van der Waals surface area contributed by atoms with Crippen LogP contribution in [0.15, 0.2) is 91.2 Å². The molecule has 1 aliphatic heterocycles. The van der Waals surface area contributed by atoms with E-state index >= 15 is 0 Å². The lowest BCUT2D eigenvalue weighted by molar-refractivity contribution is 0.355. The Morgan fingerprint density at radius 2 is 1.56 bits per heavy atom. The second-order valence-corrected chi connectivity index (χ2v) is 6.42. The summed E-state index contributed by atoms with van der Waals surface area (Å²) in [6.45, 7) is 7.17. The molecular weight excluding hydrogens is 306 g/mol. The molecule has 0 fully saturated rings. The van der Waals surface area contributed by atoms with Gasteiger partial charge in [-0.2, -0.15) is 0 Å². The van der Waals surface area contributed by atoms with E-state index in [4.69, 9.17) is 4.74 Å². The molecule has 0 saturated heterocycles. The SMILES string of the molecule is C=C1Oc2cccc(C)c2N(Cc2ccccc2)[C@H]1c1ccccc1. The summed E-state index contributed by atoms with van der Waals surface area (Å²) in [4.78, 5) is 2.40. The molecule has 0 amide bonds. The van der Waals surface area contributed by atoms with Crippen molar-refractivity contribution in [2.45, 2.75) is 19.5 Å². The molecule has 0 aliphatic carbocycles. The summed E-state index contributed by atoms with van der Waals surface area (Å²) in [7, 11) is 0. The molecule has 0 saturated carbocycles. The van der Waals surface area contributed by atoms with Gasteiger partial charge in [-0.25, -0.2) is 0 Å². The Hall–Kier alpha value is -3.00. The number of anilines is 1. The van der Waals surface area contributed by atoms with Crippen molar-refractivity contribution >= 4 is 5.69 Å². The molecular formula is C23H21NO. The molecule has 0 aromatic heterocycles. The highest BCUT2D eigenvalue weighted by Gasteiger charge is 2.33. The average Bonchev–Trinajstić information content (AvgIpc) is 2.63. The highest BCUT2D eigenvalue weighted by atomic mass is 16.5. The number of fused-ring (bicyclic) bond motifs is 1. The fourth-order valence-electron chi connectivity index (χ4n) is 3.53. The Labute approximate surface area is 149 Å². The van der Waals surface area contributed by atoms with Crippen LogP contribution in [-0.4, -0.2) is 0 Å². The number of aryl methyl sites for hydroxylation is 1. The summed E-state index contributed by atoms with van der Waals surface area (Å²) in [5.74, 6) is 1.65. The lowest BCUT2D eigenvalue weighted by atomic mass is 9.98. The maximum absolute atomic E-state index is 6.11. The van der Waals surface area contributed by atoms with Crippen LogP contribution < -0.4 is 9.64 Å². The summed E-state index contributed by atoms with van der Waals surface area (Å²) >= 11 is 0. The summed E-state index contributed by atoms with van der Waals surface area (Å²) in [5, 5.41) is 0. The van der Waals surface area contributed by atoms with Gasteiger partial charge in [0.2, 0.25) is 0 Å². The van der Waals surface area contributed by atoms with Crippen LogP contribution in [0.3, 0.4) is 0 Å². The largest absolute Gasteiger partial charge is 0.458 e. The van der Waals surface area contributed by atoms with Crippen LogP contribution in [0.5, 0.6) is 5.75 Å². The van der Waals surface area contributed by atoms with Crippen LogP contribution in [-0.2, 0) is 6.54 Å². The van der Waals surface area contributed by atoms with Gasteiger partial charge in [0, 0.05) is 6.54 Å². The smallest absolute Gasteiger partial charge is 0.150 e. The van der Waals surface area contributed by atoms with Crippen molar-refractivity contribution in [3.8, 4) is 5.75 Å². The Bertz CT molecular complexity index is 886. The van der Waals surface area contributed by atoms with Crippen molar-refractivity contribution in [1.82, 2.24) is 0 Å². The van der Waals surface area contributed by atoms with Crippen LogP contribution in [0.2, 0.25) is 0 Å². The molecule has 2 heteroatoms. The van der Waals surface area contributed by atoms with E-state index in [0.29, 0.717) is 0 Å². The van der Waals surface area contributed by atoms with Crippen molar-refractivity contribution in [3.05, 3.63) is 108 Å². The molecule has 4 rings (SSSR count). The lowest BCUT2D eigenvalue weighted by Crippen LogP contribution is -2.35. The molecule has 0 radical (unpaired) electrons. The van der Waals surface area contributed by atoms with Gasteiger partial charge in [-0.3, -0.25) is 0 Å². The van der Waals surface area contributed by atoms with E-state index < -0.39 is 0 Å². The quantitative estimate of drug-likeness (QED) is 0.616. The zero-order valence-corrected chi connectivity index (χ0v) is 14.4. The molecule has 25 heavy (non-hydrogen) atoms. The molecule has 0 unspecified atom stereocenters. The first-order valence-electron chi connectivity index (χ1n) is 8.56. The van der Waals surface area contributed by atoms with Crippen LogP contribution in [0.4, 0.5) is 5.69 Å². The van der Waals surface area contributed by atoms with E-state index in [0.717, 1.165) is 23.7 Å². The highest BCUT2D eigenvalue weighted by molar-refractivity contribution is 5.68. The van der Waals surface area contributed by atoms with Crippen molar-refractivity contribution in [2.75, 3.05) is 4.90 Å². The average molecular weight is 327 g/mol. The first kappa shape index (κ1) is 15.5. The van der Waals surface area contributed by atoms with Crippen LogP contribution in [0.1, 0.15) is 22.7 Å². The number of benzene rings is 3. The number of para-hydroxylation sites is 1. The molecule has 0 spiro atoms. The van der Waals surface area contributed by atoms with E-state index in [-0.39, 0.29) is 6.04 Å². The minimum absolute atomic E-state index is 0.00462. The third-order valence-corrected chi connectivity index (χ3v) is 4.66. The number of nitrogens with zero attached hydrogens (tertiary/aromatic N) is 1. The fourth-order valence-corrected chi connectivity index (χ4v) is 3.53. The van der Waals surface area contributed by atoms with Crippen molar-refractivity contribution in [3.63, 3.8) is 0 Å².